The van der Waals surface area contributed by atoms with E-state index in [4.69, 9.17) is 4.74 Å². The Bertz CT molecular complexity index is 743. The highest BCUT2D eigenvalue weighted by Crippen LogP contribution is 2.42. The zero-order chi connectivity index (χ0) is 19.5. The fraction of sp³-hybridized carbons (Fsp3) is 0.591. The molecule has 0 aromatic carbocycles. The minimum atomic E-state index is -0.116. The second kappa shape index (κ2) is 8.38. The number of hydrogen-bond donors (Lipinski definition) is 0. The lowest BCUT2D eigenvalue weighted by Gasteiger charge is -2.38. The molecule has 0 aliphatic carbocycles. The van der Waals surface area contributed by atoms with Gasteiger partial charge in [0.05, 0.1) is 6.61 Å². The molecule has 2 aromatic heterocycles. The predicted molar refractivity (Wildman–Crippen MR) is 110 cm³/mol. The van der Waals surface area contributed by atoms with Crippen molar-refractivity contribution < 1.29 is 9.13 Å². The topological polar surface area (TPSA) is 25.4 Å². The van der Waals surface area contributed by atoms with Gasteiger partial charge in [-0.1, -0.05) is 6.07 Å². The Kier molecular flexibility index (Phi) is 6.34. The maximum atomic E-state index is 13.3. The summed E-state index contributed by atoms with van der Waals surface area (Å²) in [6, 6.07) is 5.96. The van der Waals surface area contributed by atoms with Crippen LogP contribution in [0.3, 0.4) is 0 Å². The molecule has 3 rings (SSSR count). The van der Waals surface area contributed by atoms with Crippen LogP contribution in [-0.2, 0) is 16.7 Å². The second-order valence-corrected chi connectivity index (χ2v) is 9.28. The van der Waals surface area contributed by atoms with Crippen molar-refractivity contribution in [3.05, 3.63) is 51.7 Å². The third-order valence-electron chi connectivity index (χ3n) is 5.98. The Hall–Kier alpha value is -1.30. The van der Waals surface area contributed by atoms with Gasteiger partial charge < -0.3 is 4.74 Å². The van der Waals surface area contributed by atoms with Crippen molar-refractivity contribution in [2.45, 2.75) is 52.5 Å². The lowest BCUT2D eigenvalue weighted by Crippen LogP contribution is -2.42. The summed E-state index contributed by atoms with van der Waals surface area (Å²) >= 11 is 1.52. The molecule has 148 valence electrons. The number of thiophene rings is 1. The van der Waals surface area contributed by atoms with Gasteiger partial charge in [-0.25, -0.2) is 4.39 Å². The van der Waals surface area contributed by atoms with E-state index < -0.39 is 0 Å². The second-order valence-electron chi connectivity index (χ2n) is 8.29. The molecule has 0 radical (unpaired) electrons. The van der Waals surface area contributed by atoms with Gasteiger partial charge in [0.2, 0.25) is 0 Å². The monoisotopic (exact) mass is 390 g/mol. The normalized spacial score (nSPS) is 21.1. The Morgan fingerprint density at radius 1 is 1.37 bits per heavy atom. The summed E-state index contributed by atoms with van der Waals surface area (Å²) in [7, 11) is 0. The standard InChI is InChI=1S/C22H31FN2OS/c1-5-26-16-22(9-8-20-12-19(23)14-27-20)10-11-25(15-22)21(3,4)18-7-6-17(2)24-13-18/h6-7,12-14H,5,8-11,15-16H2,1-4H3. The van der Waals surface area contributed by atoms with Gasteiger partial charge >= 0.3 is 0 Å². The van der Waals surface area contributed by atoms with Crippen molar-refractivity contribution in [2.75, 3.05) is 26.3 Å². The zero-order valence-corrected chi connectivity index (χ0v) is 17.7. The molecule has 1 atom stereocenters. The van der Waals surface area contributed by atoms with Crippen LogP contribution in [0.15, 0.2) is 29.8 Å². The highest BCUT2D eigenvalue weighted by Gasteiger charge is 2.43. The molecule has 1 unspecified atom stereocenters. The third-order valence-corrected chi connectivity index (χ3v) is 6.95. The highest BCUT2D eigenvalue weighted by molar-refractivity contribution is 7.09. The van der Waals surface area contributed by atoms with Gasteiger partial charge in [-0.3, -0.25) is 9.88 Å². The van der Waals surface area contributed by atoms with Gasteiger partial charge in [0, 0.05) is 46.3 Å². The smallest absolute Gasteiger partial charge is 0.134 e. The van der Waals surface area contributed by atoms with Crippen LogP contribution in [-0.4, -0.2) is 36.2 Å². The van der Waals surface area contributed by atoms with E-state index in [1.165, 1.54) is 16.9 Å². The number of pyridine rings is 1. The van der Waals surface area contributed by atoms with E-state index in [1.54, 1.807) is 11.4 Å². The number of ether oxygens (including phenoxy) is 1. The van der Waals surface area contributed by atoms with E-state index in [-0.39, 0.29) is 16.8 Å². The van der Waals surface area contributed by atoms with Crippen molar-refractivity contribution in [2.24, 2.45) is 5.41 Å². The molecule has 1 fully saturated rings. The van der Waals surface area contributed by atoms with Crippen molar-refractivity contribution in [1.82, 2.24) is 9.88 Å². The van der Waals surface area contributed by atoms with E-state index in [9.17, 15) is 4.39 Å². The fourth-order valence-corrected chi connectivity index (χ4v) is 4.74. The summed E-state index contributed by atoms with van der Waals surface area (Å²) in [4.78, 5) is 8.19. The van der Waals surface area contributed by atoms with E-state index in [0.29, 0.717) is 0 Å². The summed E-state index contributed by atoms with van der Waals surface area (Å²) in [5.41, 5.74) is 2.36. The largest absolute Gasteiger partial charge is 0.381 e. The molecule has 0 bridgehead atoms. The minimum absolute atomic E-state index is 0.0658. The maximum absolute atomic E-state index is 13.3. The average Bonchev–Trinajstić information content (AvgIpc) is 3.26. The van der Waals surface area contributed by atoms with Gasteiger partial charge in [0.25, 0.3) is 0 Å². The van der Waals surface area contributed by atoms with Gasteiger partial charge in [0.1, 0.15) is 5.82 Å². The highest BCUT2D eigenvalue weighted by atomic mass is 32.1. The molecule has 3 nitrogen and oxygen atoms in total. The molecule has 2 aromatic rings. The molecule has 1 aliphatic rings. The molecule has 3 heterocycles. The molecule has 0 N–H and O–H groups in total. The summed E-state index contributed by atoms with van der Waals surface area (Å²) in [6.07, 6.45) is 5.07. The van der Waals surface area contributed by atoms with E-state index in [0.717, 1.165) is 56.1 Å². The SMILES string of the molecule is CCOCC1(CCc2cc(F)cs2)CCN(C(C)(C)c2ccc(C)nc2)C1. The molecule has 0 amide bonds. The average molecular weight is 391 g/mol. The van der Waals surface area contributed by atoms with E-state index in [2.05, 4.69) is 42.8 Å². The number of hydrogen-bond acceptors (Lipinski definition) is 4. The van der Waals surface area contributed by atoms with Crippen molar-refractivity contribution in [3.63, 3.8) is 0 Å². The third kappa shape index (κ3) is 4.76. The lowest BCUT2D eigenvalue weighted by molar-refractivity contribution is 0.0386. The quantitative estimate of drug-likeness (QED) is 0.620. The molecule has 27 heavy (non-hydrogen) atoms. The summed E-state index contributed by atoms with van der Waals surface area (Å²) < 4.78 is 19.2. The molecule has 5 heteroatoms. The Morgan fingerprint density at radius 2 is 2.19 bits per heavy atom. The number of likely N-dealkylation sites (tertiary alicyclic amines) is 1. The van der Waals surface area contributed by atoms with Crippen molar-refractivity contribution in [3.8, 4) is 0 Å². The van der Waals surface area contributed by atoms with Crippen LogP contribution in [0.1, 0.15) is 49.7 Å². The van der Waals surface area contributed by atoms with Crippen LogP contribution in [0.25, 0.3) is 0 Å². The van der Waals surface area contributed by atoms with Gasteiger partial charge in [-0.2, -0.15) is 0 Å². The number of halogens is 1. The lowest BCUT2D eigenvalue weighted by atomic mass is 9.82. The molecule has 0 saturated carbocycles. The first kappa shape index (κ1) is 20.4. The van der Waals surface area contributed by atoms with Crippen molar-refractivity contribution in [1.29, 1.82) is 0 Å². The van der Waals surface area contributed by atoms with Crippen molar-refractivity contribution >= 4 is 11.3 Å². The minimum Gasteiger partial charge on any atom is -0.381 e. The van der Waals surface area contributed by atoms with Crippen LogP contribution in [0, 0.1) is 18.2 Å². The predicted octanol–water partition coefficient (Wildman–Crippen LogP) is 5.19. The summed E-state index contributed by atoms with van der Waals surface area (Å²) in [6.45, 7) is 12.2. The van der Waals surface area contributed by atoms with Crippen LogP contribution < -0.4 is 0 Å². The number of aryl methyl sites for hydroxylation is 2. The van der Waals surface area contributed by atoms with Crippen LogP contribution in [0.5, 0.6) is 0 Å². The molecular weight excluding hydrogens is 359 g/mol. The first-order chi connectivity index (χ1) is 12.8. The van der Waals surface area contributed by atoms with Crippen LogP contribution in [0.4, 0.5) is 4.39 Å². The van der Waals surface area contributed by atoms with Gasteiger partial charge in [-0.05, 0) is 71.2 Å². The Balaban J connectivity index is 1.73. The van der Waals surface area contributed by atoms with E-state index in [1.807, 2.05) is 13.1 Å². The Labute approximate surface area is 166 Å². The number of rotatable bonds is 8. The maximum Gasteiger partial charge on any atom is 0.134 e. The summed E-state index contributed by atoms with van der Waals surface area (Å²) in [5, 5.41) is 1.60. The first-order valence-electron chi connectivity index (χ1n) is 9.83. The molecule has 0 spiro atoms. The van der Waals surface area contributed by atoms with E-state index >= 15 is 0 Å². The molecule has 1 aliphatic heterocycles. The summed E-state index contributed by atoms with van der Waals surface area (Å²) in [5.74, 6) is -0.116. The van der Waals surface area contributed by atoms with Crippen LogP contribution in [0.2, 0.25) is 0 Å². The fourth-order valence-electron chi connectivity index (χ4n) is 4.01. The number of aromatic nitrogens is 1. The van der Waals surface area contributed by atoms with Gasteiger partial charge in [-0.15, -0.1) is 11.3 Å². The zero-order valence-electron chi connectivity index (χ0n) is 16.9. The van der Waals surface area contributed by atoms with Crippen LogP contribution >= 0.6 is 11.3 Å². The molecular formula is C22H31FN2OS. The van der Waals surface area contributed by atoms with Gasteiger partial charge in [0.15, 0.2) is 0 Å². The number of nitrogens with zero attached hydrogens (tertiary/aromatic N) is 2. The first-order valence-corrected chi connectivity index (χ1v) is 10.7. The molecule has 1 saturated heterocycles. The Morgan fingerprint density at radius 3 is 2.81 bits per heavy atom.